The Bertz CT molecular complexity index is 1010. The minimum absolute atomic E-state index is 0.0818. The van der Waals surface area contributed by atoms with Crippen LogP contribution in [-0.2, 0) is 16.8 Å². The van der Waals surface area contributed by atoms with E-state index in [-0.39, 0.29) is 18.1 Å². The quantitative estimate of drug-likeness (QED) is 0.547. The maximum absolute atomic E-state index is 12.2. The molecule has 3 aliphatic rings. The molecule has 2 fully saturated rings. The molecule has 3 heterocycles. The van der Waals surface area contributed by atoms with Gasteiger partial charge in [-0.1, -0.05) is 30.0 Å². The summed E-state index contributed by atoms with van der Waals surface area (Å²) in [5.41, 5.74) is 2.41. The van der Waals surface area contributed by atoms with E-state index < -0.39 is 5.60 Å². The molecule has 1 aromatic carbocycles. The van der Waals surface area contributed by atoms with Gasteiger partial charge in [0, 0.05) is 24.8 Å². The molecule has 1 amide bonds. The van der Waals surface area contributed by atoms with Crippen molar-refractivity contribution in [1.29, 1.82) is 0 Å². The van der Waals surface area contributed by atoms with E-state index in [4.69, 9.17) is 0 Å². The minimum atomic E-state index is -1.19. The summed E-state index contributed by atoms with van der Waals surface area (Å²) in [7, 11) is 0. The second kappa shape index (κ2) is 7.27. The van der Waals surface area contributed by atoms with Crippen molar-refractivity contribution in [2.75, 3.05) is 13.1 Å². The number of rotatable bonds is 1. The number of aryl methyl sites for hydroxylation is 1. The largest absolute Gasteiger partial charge is 0.372 e. The number of nitrogens with one attached hydrogen (secondary N) is 3. The van der Waals surface area contributed by atoms with Gasteiger partial charge in [-0.15, -0.1) is 0 Å². The Morgan fingerprint density at radius 3 is 3.10 bits per heavy atom. The van der Waals surface area contributed by atoms with Gasteiger partial charge in [0.2, 0.25) is 5.91 Å². The molecule has 2 aliphatic heterocycles. The molecule has 6 nitrogen and oxygen atoms in total. The van der Waals surface area contributed by atoms with Gasteiger partial charge in [0.05, 0.1) is 17.9 Å². The van der Waals surface area contributed by atoms with Gasteiger partial charge in [-0.3, -0.25) is 20.4 Å². The molecule has 0 saturated carbocycles. The lowest BCUT2D eigenvalue weighted by atomic mass is 9.89. The van der Waals surface area contributed by atoms with Crippen molar-refractivity contribution in [3.05, 3.63) is 65.0 Å². The van der Waals surface area contributed by atoms with Crippen LogP contribution in [0.25, 0.3) is 0 Å². The lowest BCUT2D eigenvalue weighted by Gasteiger charge is -2.40. The smallest absolute Gasteiger partial charge is 0.237 e. The second-order valence-electron chi connectivity index (χ2n) is 8.07. The third-order valence-corrected chi connectivity index (χ3v) is 6.17. The van der Waals surface area contributed by atoms with E-state index in [0.717, 1.165) is 42.6 Å². The molecule has 1 aliphatic carbocycles. The van der Waals surface area contributed by atoms with Crippen LogP contribution in [0.1, 0.15) is 41.4 Å². The van der Waals surface area contributed by atoms with Gasteiger partial charge in [-0.25, -0.2) is 0 Å². The summed E-state index contributed by atoms with van der Waals surface area (Å²) in [4.78, 5) is 16.6. The van der Waals surface area contributed by atoms with Gasteiger partial charge in [-0.2, -0.15) is 0 Å². The van der Waals surface area contributed by atoms with Crippen LogP contribution in [-0.4, -0.2) is 35.1 Å². The molecule has 0 radical (unpaired) electrons. The molecule has 5 rings (SSSR count). The summed E-state index contributed by atoms with van der Waals surface area (Å²) >= 11 is 0. The van der Waals surface area contributed by atoms with Crippen molar-refractivity contribution < 1.29 is 9.90 Å². The minimum Gasteiger partial charge on any atom is -0.372 e. The summed E-state index contributed by atoms with van der Waals surface area (Å²) < 4.78 is 0. The number of aliphatic hydroxyl groups is 1. The summed E-state index contributed by atoms with van der Waals surface area (Å²) in [6.07, 6.45) is 3.94. The number of carbonyl (C=O) groups excluding carboxylic acids is 1. The molecule has 4 N–H and O–H groups in total. The third-order valence-electron chi connectivity index (χ3n) is 6.17. The molecule has 29 heavy (non-hydrogen) atoms. The fourth-order valence-corrected chi connectivity index (χ4v) is 4.56. The van der Waals surface area contributed by atoms with Crippen molar-refractivity contribution in [1.82, 2.24) is 20.9 Å². The number of hydrogen-bond donors (Lipinski definition) is 4. The van der Waals surface area contributed by atoms with Gasteiger partial charge in [-0.05, 0) is 54.5 Å². The Balaban J connectivity index is 1.37. The Kier molecular flexibility index (Phi) is 4.59. The first-order valence-corrected chi connectivity index (χ1v) is 10.2. The number of hydrogen-bond acceptors (Lipinski definition) is 5. The first-order valence-electron chi connectivity index (χ1n) is 10.2. The highest BCUT2D eigenvalue weighted by atomic mass is 16.3. The molecule has 0 bridgehead atoms. The van der Waals surface area contributed by atoms with Crippen molar-refractivity contribution in [2.45, 2.75) is 37.1 Å². The third kappa shape index (κ3) is 3.42. The average molecular weight is 388 g/mol. The SMILES string of the molecule is O=C1NCCC2CNC(c3cccc(C#C[C@@]4(O)CCc5cccnc54)c3)NC12. The average Bonchev–Trinajstić information content (AvgIpc) is 3.10. The Morgan fingerprint density at radius 1 is 1.24 bits per heavy atom. The van der Waals surface area contributed by atoms with Crippen LogP contribution in [0.4, 0.5) is 0 Å². The monoisotopic (exact) mass is 388 g/mol. The molecule has 2 aromatic rings. The van der Waals surface area contributed by atoms with Crippen molar-refractivity contribution in [2.24, 2.45) is 5.92 Å². The number of aromatic nitrogens is 1. The van der Waals surface area contributed by atoms with Crippen LogP contribution < -0.4 is 16.0 Å². The van der Waals surface area contributed by atoms with Crippen LogP contribution >= 0.6 is 0 Å². The topological polar surface area (TPSA) is 86.3 Å². The summed E-state index contributed by atoms with van der Waals surface area (Å²) in [6.45, 7) is 1.56. The Hall–Kier alpha value is -2.72. The summed E-state index contributed by atoms with van der Waals surface area (Å²) in [6, 6.07) is 11.7. The fourth-order valence-electron chi connectivity index (χ4n) is 4.56. The molecule has 3 unspecified atom stereocenters. The van der Waals surface area contributed by atoms with E-state index in [1.54, 1.807) is 6.20 Å². The maximum Gasteiger partial charge on any atom is 0.237 e. The molecule has 2 saturated heterocycles. The first kappa shape index (κ1) is 18.3. The zero-order chi connectivity index (χ0) is 19.8. The standard InChI is InChI=1S/C23H24N4O2/c28-22-19-18(8-12-25-22)14-26-21(27-19)17-4-1-3-15(13-17)6-9-23(29)10-7-16-5-2-11-24-20(16)23/h1-5,11,13,18-19,21,26-27,29H,7-8,10,12,14H2,(H,25,28)/t18?,19?,21?,23-/m1/s1. The Labute approximate surface area is 170 Å². The predicted octanol–water partition coefficient (Wildman–Crippen LogP) is 0.963. The molecule has 148 valence electrons. The van der Waals surface area contributed by atoms with E-state index in [9.17, 15) is 9.90 Å². The van der Waals surface area contributed by atoms with E-state index in [1.807, 2.05) is 36.4 Å². The van der Waals surface area contributed by atoms with Crippen LogP contribution in [0, 0.1) is 17.8 Å². The molecule has 0 spiro atoms. The van der Waals surface area contributed by atoms with Crippen LogP contribution in [0.5, 0.6) is 0 Å². The van der Waals surface area contributed by atoms with Gasteiger partial charge < -0.3 is 10.4 Å². The molecule has 4 atom stereocenters. The second-order valence-corrected chi connectivity index (χ2v) is 8.07. The van der Waals surface area contributed by atoms with Crippen molar-refractivity contribution in [3.8, 4) is 11.8 Å². The van der Waals surface area contributed by atoms with Crippen LogP contribution in [0.15, 0.2) is 42.6 Å². The highest BCUT2D eigenvalue weighted by Crippen LogP contribution is 2.34. The number of amides is 1. The number of carbonyl (C=O) groups is 1. The summed E-state index contributed by atoms with van der Waals surface area (Å²) in [5.74, 6) is 6.60. The van der Waals surface area contributed by atoms with Crippen LogP contribution in [0.2, 0.25) is 0 Å². The number of benzene rings is 1. The molecule has 1 aromatic heterocycles. The highest BCUT2D eigenvalue weighted by Gasteiger charge is 2.38. The first-order chi connectivity index (χ1) is 14.1. The van der Waals surface area contributed by atoms with Gasteiger partial charge in [0.15, 0.2) is 5.60 Å². The van der Waals surface area contributed by atoms with Gasteiger partial charge >= 0.3 is 0 Å². The van der Waals surface area contributed by atoms with E-state index in [0.29, 0.717) is 18.0 Å². The van der Waals surface area contributed by atoms with Gasteiger partial charge in [0.25, 0.3) is 0 Å². The maximum atomic E-state index is 12.2. The predicted molar refractivity (Wildman–Crippen MR) is 109 cm³/mol. The Morgan fingerprint density at radius 2 is 2.17 bits per heavy atom. The normalized spacial score (nSPS) is 30.5. The number of fused-ring (bicyclic) bond motifs is 2. The van der Waals surface area contributed by atoms with Gasteiger partial charge in [0.1, 0.15) is 0 Å². The van der Waals surface area contributed by atoms with Crippen LogP contribution in [0.3, 0.4) is 0 Å². The van der Waals surface area contributed by atoms with Crippen molar-refractivity contribution >= 4 is 5.91 Å². The molecular formula is C23H24N4O2. The lowest BCUT2D eigenvalue weighted by molar-refractivity contribution is -0.127. The zero-order valence-electron chi connectivity index (χ0n) is 16.1. The fraction of sp³-hybridized carbons (Fsp3) is 0.391. The highest BCUT2D eigenvalue weighted by molar-refractivity contribution is 5.83. The number of pyridine rings is 1. The van der Waals surface area contributed by atoms with E-state index >= 15 is 0 Å². The summed E-state index contributed by atoms with van der Waals surface area (Å²) in [5, 5.41) is 20.9. The zero-order valence-corrected chi connectivity index (χ0v) is 16.1. The number of nitrogens with zero attached hydrogens (tertiary/aromatic N) is 1. The van der Waals surface area contributed by atoms with Crippen molar-refractivity contribution in [3.63, 3.8) is 0 Å². The lowest BCUT2D eigenvalue weighted by Crippen LogP contribution is -2.62. The van der Waals surface area contributed by atoms with E-state index in [2.05, 4.69) is 32.8 Å². The molecule has 6 heteroatoms. The molecular weight excluding hydrogens is 364 g/mol. The van der Waals surface area contributed by atoms with E-state index in [1.165, 1.54) is 0 Å². The number of piperidine rings is 1.